The van der Waals surface area contributed by atoms with Gasteiger partial charge in [-0.15, -0.1) is 0 Å². The molecule has 18 heavy (non-hydrogen) atoms. The summed E-state index contributed by atoms with van der Waals surface area (Å²) in [6.07, 6.45) is 2.36. The van der Waals surface area contributed by atoms with Crippen LogP contribution in [-0.4, -0.2) is 27.1 Å². The highest BCUT2D eigenvalue weighted by Crippen LogP contribution is 2.11. The molecule has 1 amide bonds. The number of amides is 1. The van der Waals surface area contributed by atoms with Crippen LogP contribution in [0.15, 0.2) is 29.2 Å². The maximum atomic E-state index is 11.4. The fourth-order valence-corrected chi connectivity index (χ4v) is 1.80. The number of benzene rings is 1. The van der Waals surface area contributed by atoms with E-state index < -0.39 is 9.84 Å². The Kier molecular flexibility index (Phi) is 7.27. The van der Waals surface area contributed by atoms with Crippen LogP contribution in [0.1, 0.15) is 37.6 Å². The zero-order valence-corrected chi connectivity index (χ0v) is 12.2. The number of hydrogen-bond donors (Lipinski definition) is 1. The van der Waals surface area contributed by atoms with Gasteiger partial charge in [0.05, 0.1) is 4.90 Å². The van der Waals surface area contributed by atoms with E-state index in [0.29, 0.717) is 12.1 Å². The zero-order valence-electron chi connectivity index (χ0n) is 11.4. The molecule has 0 saturated carbocycles. The van der Waals surface area contributed by atoms with Crippen LogP contribution >= 0.6 is 0 Å². The van der Waals surface area contributed by atoms with Gasteiger partial charge in [-0.3, -0.25) is 4.79 Å². The van der Waals surface area contributed by atoms with Crippen LogP contribution in [0.25, 0.3) is 0 Å². The fraction of sp³-hybridized carbons (Fsp3) is 0.462. The Morgan fingerprint density at radius 1 is 1.22 bits per heavy atom. The second-order valence-corrected chi connectivity index (χ2v) is 5.88. The smallest absolute Gasteiger partial charge is 0.251 e. The van der Waals surface area contributed by atoms with Crippen LogP contribution < -0.4 is 5.32 Å². The third-order valence-electron chi connectivity index (χ3n) is 1.86. The third kappa shape index (κ3) is 5.82. The Morgan fingerprint density at radius 3 is 2.22 bits per heavy atom. The quantitative estimate of drug-likeness (QED) is 0.917. The van der Waals surface area contributed by atoms with E-state index in [1.54, 1.807) is 19.1 Å². The highest BCUT2D eigenvalue weighted by molar-refractivity contribution is 7.90. The summed E-state index contributed by atoms with van der Waals surface area (Å²) in [5.74, 6) is -0.261. The lowest BCUT2D eigenvalue weighted by atomic mass is 10.2. The highest BCUT2D eigenvalue weighted by Gasteiger charge is 2.10. The lowest BCUT2D eigenvalue weighted by Crippen LogP contribution is -2.22. The van der Waals surface area contributed by atoms with Crippen molar-refractivity contribution in [1.29, 1.82) is 0 Å². The molecule has 0 saturated heterocycles. The molecule has 1 aromatic rings. The van der Waals surface area contributed by atoms with Crippen LogP contribution in [0.2, 0.25) is 0 Å². The van der Waals surface area contributed by atoms with Crippen molar-refractivity contribution in [2.75, 3.05) is 12.8 Å². The molecule has 1 aromatic carbocycles. The first kappa shape index (κ1) is 16.6. The molecule has 5 heteroatoms. The van der Waals surface area contributed by atoms with E-state index in [1.165, 1.54) is 18.6 Å². The normalized spacial score (nSPS) is 10.2. The van der Waals surface area contributed by atoms with Crippen LogP contribution in [-0.2, 0) is 9.84 Å². The molecular formula is C13H21NO3S. The molecule has 102 valence electrons. The van der Waals surface area contributed by atoms with Gasteiger partial charge in [0, 0.05) is 18.4 Å². The Balaban J connectivity index is 0.000000873. The van der Waals surface area contributed by atoms with Gasteiger partial charge in [-0.25, -0.2) is 8.42 Å². The Morgan fingerprint density at radius 2 is 1.78 bits per heavy atom. The SMILES string of the molecule is CCC.CCNC(=O)c1cccc(S(C)(=O)=O)c1. The van der Waals surface area contributed by atoms with Gasteiger partial charge >= 0.3 is 0 Å². The summed E-state index contributed by atoms with van der Waals surface area (Å²) in [6.45, 7) is 6.57. The number of carbonyl (C=O) groups excluding carboxylic acids is 1. The van der Waals surface area contributed by atoms with Gasteiger partial charge < -0.3 is 5.32 Å². The van der Waals surface area contributed by atoms with E-state index in [2.05, 4.69) is 19.2 Å². The van der Waals surface area contributed by atoms with E-state index in [4.69, 9.17) is 0 Å². The summed E-state index contributed by atoms with van der Waals surface area (Å²) in [4.78, 5) is 11.6. The van der Waals surface area contributed by atoms with Crippen molar-refractivity contribution in [1.82, 2.24) is 5.32 Å². The van der Waals surface area contributed by atoms with E-state index in [9.17, 15) is 13.2 Å². The monoisotopic (exact) mass is 271 g/mol. The summed E-state index contributed by atoms with van der Waals surface area (Å²) in [5, 5.41) is 2.61. The van der Waals surface area contributed by atoms with Gasteiger partial charge in [0.1, 0.15) is 0 Å². The molecule has 0 atom stereocenters. The molecule has 4 nitrogen and oxygen atoms in total. The minimum atomic E-state index is -3.25. The first-order valence-electron chi connectivity index (χ1n) is 5.95. The lowest BCUT2D eigenvalue weighted by molar-refractivity contribution is 0.0955. The van der Waals surface area contributed by atoms with Crippen molar-refractivity contribution < 1.29 is 13.2 Å². The summed E-state index contributed by atoms with van der Waals surface area (Å²) in [7, 11) is -3.25. The van der Waals surface area contributed by atoms with E-state index in [0.717, 1.165) is 6.26 Å². The van der Waals surface area contributed by atoms with Crippen molar-refractivity contribution in [2.24, 2.45) is 0 Å². The summed E-state index contributed by atoms with van der Waals surface area (Å²) in [5.41, 5.74) is 0.361. The van der Waals surface area contributed by atoms with Crippen LogP contribution in [0.3, 0.4) is 0 Å². The van der Waals surface area contributed by atoms with Crippen molar-refractivity contribution in [3.63, 3.8) is 0 Å². The van der Waals surface area contributed by atoms with Gasteiger partial charge in [-0.2, -0.15) is 0 Å². The van der Waals surface area contributed by atoms with Crippen molar-refractivity contribution in [3.8, 4) is 0 Å². The number of nitrogens with one attached hydrogen (secondary N) is 1. The van der Waals surface area contributed by atoms with Crippen molar-refractivity contribution in [3.05, 3.63) is 29.8 Å². The predicted octanol–water partition coefficient (Wildman–Crippen LogP) is 2.26. The van der Waals surface area contributed by atoms with E-state index in [-0.39, 0.29) is 10.8 Å². The largest absolute Gasteiger partial charge is 0.352 e. The highest BCUT2D eigenvalue weighted by atomic mass is 32.2. The molecule has 0 radical (unpaired) electrons. The minimum Gasteiger partial charge on any atom is -0.352 e. The molecule has 1 N–H and O–H groups in total. The molecule has 0 aliphatic heterocycles. The Hall–Kier alpha value is -1.36. The standard InChI is InChI=1S/C10H13NO3S.C3H8/c1-3-11-10(12)8-5-4-6-9(7-8)15(2,13)14;1-3-2/h4-7H,3H2,1-2H3,(H,11,12);3H2,1-2H3. The molecule has 0 heterocycles. The predicted molar refractivity (Wildman–Crippen MR) is 73.5 cm³/mol. The Labute approximate surface area is 109 Å². The minimum absolute atomic E-state index is 0.159. The van der Waals surface area contributed by atoms with E-state index >= 15 is 0 Å². The first-order chi connectivity index (χ1) is 8.36. The molecule has 0 bridgehead atoms. The van der Waals surface area contributed by atoms with Gasteiger partial charge in [-0.05, 0) is 25.1 Å². The molecule has 0 aromatic heterocycles. The molecule has 0 aliphatic carbocycles. The fourth-order valence-electron chi connectivity index (χ4n) is 1.13. The maximum absolute atomic E-state index is 11.4. The third-order valence-corrected chi connectivity index (χ3v) is 2.97. The maximum Gasteiger partial charge on any atom is 0.251 e. The average molecular weight is 271 g/mol. The topological polar surface area (TPSA) is 63.2 Å². The number of carbonyl (C=O) groups is 1. The molecule has 0 spiro atoms. The second kappa shape index (κ2) is 7.87. The average Bonchev–Trinajstić information content (AvgIpc) is 2.29. The number of rotatable bonds is 3. The molecule has 0 unspecified atom stereocenters. The zero-order chi connectivity index (χ0) is 14.2. The van der Waals surface area contributed by atoms with E-state index in [1.807, 2.05) is 0 Å². The van der Waals surface area contributed by atoms with Gasteiger partial charge in [0.2, 0.25) is 0 Å². The van der Waals surface area contributed by atoms with Crippen LogP contribution in [0.5, 0.6) is 0 Å². The molecule has 1 rings (SSSR count). The number of hydrogen-bond acceptors (Lipinski definition) is 3. The Bertz CT molecular complexity index is 481. The first-order valence-corrected chi connectivity index (χ1v) is 7.84. The second-order valence-electron chi connectivity index (χ2n) is 3.87. The molecule has 0 fully saturated rings. The van der Waals surface area contributed by atoms with Gasteiger partial charge in [0.15, 0.2) is 9.84 Å². The summed E-state index contributed by atoms with van der Waals surface area (Å²) in [6, 6.07) is 5.99. The van der Waals surface area contributed by atoms with Crippen LogP contribution in [0, 0.1) is 0 Å². The number of sulfone groups is 1. The van der Waals surface area contributed by atoms with Gasteiger partial charge in [0.25, 0.3) is 5.91 Å². The van der Waals surface area contributed by atoms with Crippen molar-refractivity contribution >= 4 is 15.7 Å². The van der Waals surface area contributed by atoms with Crippen molar-refractivity contribution in [2.45, 2.75) is 32.1 Å². The van der Waals surface area contributed by atoms with Crippen LogP contribution in [0.4, 0.5) is 0 Å². The summed E-state index contributed by atoms with van der Waals surface area (Å²) >= 11 is 0. The lowest BCUT2D eigenvalue weighted by Gasteiger charge is -2.03. The molecule has 0 aliphatic rings. The molecular weight excluding hydrogens is 250 g/mol. The van der Waals surface area contributed by atoms with Gasteiger partial charge in [-0.1, -0.05) is 26.3 Å². The summed E-state index contributed by atoms with van der Waals surface area (Å²) < 4.78 is 22.5.